The highest BCUT2D eigenvalue weighted by molar-refractivity contribution is 8.07. The zero-order valence-corrected chi connectivity index (χ0v) is 13.5. The maximum Gasteiger partial charge on any atom is 0.120 e. The molecule has 0 spiro atoms. The SMILES string of the molecule is CCC1SCCSC1C(O)c1cccc(OC2CC2)c1. The zero-order chi connectivity index (χ0) is 13.9. The first-order valence-corrected chi connectivity index (χ1v) is 9.55. The van der Waals surface area contributed by atoms with Crippen LogP contribution in [0.3, 0.4) is 0 Å². The van der Waals surface area contributed by atoms with Gasteiger partial charge in [0.15, 0.2) is 0 Å². The quantitative estimate of drug-likeness (QED) is 0.893. The van der Waals surface area contributed by atoms with Gasteiger partial charge in [-0.3, -0.25) is 0 Å². The largest absolute Gasteiger partial charge is 0.490 e. The van der Waals surface area contributed by atoms with Gasteiger partial charge in [0.1, 0.15) is 5.75 Å². The van der Waals surface area contributed by atoms with Crippen molar-refractivity contribution in [3.8, 4) is 5.75 Å². The molecule has 1 saturated carbocycles. The van der Waals surface area contributed by atoms with Crippen LogP contribution in [0.4, 0.5) is 0 Å². The molecule has 3 rings (SSSR count). The van der Waals surface area contributed by atoms with Gasteiger partial charge in [0, 0.05) is 22.0 Å². The van der Waals surface area contributed by atoms with Crippen LogP contribution < -0.4 is 4.74 Å². The summed E-state index contributed by atoms with van der Waals surface area (Å²) in [5.41, 5.74) is 1.00. The predicted octanol–water partition coefficient (Wildman–Crippen LogP) is 3.89. The van der Waals surface area contributed by atoms with Crippen molar-refractivity contribution in [1.82, 2.24) is 0 Å². The fourth-order valence-electron chi connectivity index (χ4n) is 2.57. The third-order valence-corrected chi connectivity index (χ3v) is 7.17. The van der Waals surface area contributed by atoms with Crippen LogP contribution in [-0.2, 0) is 0 Å². The highest BCUT2D eigenvalue weighted by Crippen LogP contribution is 2.40. The fraction of sp³-hybridized carbons (Fsp3) is 0.625. The molecule has 110 valence electrons. The van der Waals surface area contributed by atoms with Gasteiger partial charge in [-0.15, -0.1) is 0 Å². The fourth-order valence-corrected chi connectivity index (χ4v) is 5.71. The molecule has 0 radical (unpaired) electrons. The van der Waals surface area contributed by atoms with Crippen LogP contribution in [0.15, 0.2) is 24.3 Å². The van der Waals surface area contributed by atoms with E-state index >= 15 is 0 Å². The van der Waals surface area contributed by atoms with E-state index in [9.17, 15) is 5.11 Å². The number of hydrogen-bond acceptors (Lipinski definition) is 4. The second-order valence-corrected chi connectivity index (χ2v) is 8.12. The summed E-state index contributed by atoms with van der Waals surface area (Å²) in [5, 5.41) is 11.6. The van der Waals surface area contributed by atoms with Crippen LogP contribution >= 0.6 is 23.5 Å². The van der Waals surface area contributed by atoms with Crippen molar-refractivity contribution in [1.29, 1.82) is 0 Å². The Morgan fingerprint density at radius 2 is 2.10 bits per heavy atom. The van der Waals surface area contributed by atoms with E-state index in [2.05, 4.69) is 6.92 Å². The molecule has 0 aromatic heterocycles. The van der Waals surface area contributed by atoms with E-state index < -0.39 is 0 Å². The topological polar surface area (TPSA) is 29.5 Å². The van der Waals surface area contributed by atoms with Crippen LogP contribution in [0.25, 0.3) is 0 Å². The Bertz CT molecular complexity index is 448. The van der Waals surface area contributed by atoms with Crippen molar-refractivity contribution in [2.45, 2.75) is 48.9 Å². The zero-order valence-electron chi connectivity index (χ0n) is 11.8. The second kappa shape index (κ2) is 6.63. The average Bonchev–Trinajstić information content (AvgIpc) is 3.30. The minimum Gasteiger partial charge on any atom is -0.490 e. The molecule has 1 N–H and O–H groups in total. The molecule has 1 heterocycles. The molecule has 0 bridgehead atoms. The van der Waals surface area contributed by atoms with Gasteiger partial charge in [-0.1, -0.05) is 19.1 Å². The lowest BCUT2D eigenvalue weighted by atomic mass is 10.0. The maximum absolute atomic E-state index is 10.7. The molecule has 1 saturated heterocycles. The monoisotopic (exact) mass is 310 g/mol. The van der Waals surface area contributed by atoms with Crippen molar-refractivity contribution in [2.75, 3.05) is 11.5 Å². The van der Waals surface area contributed by atoms with Gasteiger partial charge in [0.2, 0.25) is 0 Å². The van der Waals surface area contributed by atoms with Crippen LogP contribution in [0, 0.1) is 0 Å². The van der Waals surface area contributed by atoms with Gasteiger partial charge in [0.25, 0.3) is 0 Å². The molecule has 2 nitrogen and oxygen atoms in total. The van der Waals surface area contributed by atoms with E-state index in [0.717, 1.165) is 23.5 Å². The lowest BCUT2D eigenvalue weighted by Crippen LogP contribution is -2.31. The minimum absolute atomic E-state index is 0.301. The summed E-state index contributed by atoms with van der Waals surface area (Å²) in [7, 11) is 0. The van der Waals surface area contributed by atoms with E-state index in [0.29, 0.717) is 16.6 Å². The summed E-state index contributed by atoms with van der Waals surface area (Å²) >= 11 is 3.93. The van der Waals surface area contributed by atoms with Crippen molar-refractivity contribution < 1.29 is 9.84 Å². The molecule has 3 unspecified atom stereocenters. The minimum atomic E-state index is -0.388. The Kier molecular flexibility index (Phi) is 4.84. The number of hydrogen-bond donors (Lipinski definition) is 1. The number of benzene rings is 1. The first-order valence-electron chi connectivity index (χ1n) is 7.46. The first-order chi connectivity index (χ1) is 9.78. The van der Waals surface area contributed by atoms with E-state index in [1.807, 2.05) is 47.8 Å². The molecule has 4 heteroatoms. The van der Waals surface area contributed by atoms with E-state index in [-0.39, 0.29) is 6.10 Å². The second-order valence-electron chi connectivity index (χ2n) is 5.49. The number of thioether (sulfide) groups is 2. The van der Waals surface area contributed by atoms with Crippen LogP contribution in [0.1, 0.15) is 37.9 Å². The van der Waals surface area contributed by atoms with Gasteiger partial charge in [0.05, 0.1) is 12.2 Å². The Morgan fingerprint density at radius 1 is 1.30 bits per heavy atom. The molecule has 3 atom stereocenters. The van der Waals surface area contributed by atoms with E-state index in [4.69, 9.17) is 4.74 Å². The smallest absolute Gasteiger partial charge is 0.120 e. The molecular formula is C16H22O2S2. The normalized spacial score (nSPS) is 28.1. The molecule has 1 aromatic rings. The van der Waals surface area contributed by atoms with Gasteiger partial charge < -0.3 is 9.84 Å². The molecule has 2 fully saturated rings. The molecule has 2 aliphatic rings. The predicted molar refractivity (Wildman–Crippen MR) is 87.8 cm³/mol. The van der Waals surface area contributed by atoms with Crippen molar-refractivity contribution in [3.63, 3.8) is 0 Å². The average molecular weight is 310 g/mol. The number of ether oxygens (including phenoxy) is 1. The first kappa shape index (κ1) is 14.6. The lowest BCUT2D eigenvalue weighted by molar-refractivity contribution is 0.171. The van der Waals surface area contributed by atoms with Crippen LogP contribution in [0.2, 0.25) is 0 Å². The van der Waals surface area contributed by atoms with Crippen molar-refractivity contribution >= 4 is 23.5 Å². The maximum atomic E-state index is 10.7. The summed E-state index contributed by atoms with van der Waals surface area (Å²) in [4.78, 5) is 0. The van der Waals surface area contributed by atoms with Crippen molar-refractivity contribution in [3.05, 3.63) is 29.8 Å². The highest BCUT2D eigenvalue weighted by atomic mass is 32.2. The molecule has 1 aliphatic carbocycles. The third-order valence-electron chi connectivity index (χ3n) is 3.83. The van der Waals surface area contributed by atoms with Crippen LogP contribution in [0.5, 0.6) is 5.75 Å². The van der Waals surface area contributed by atoms with Gasteiger partial charge >= 0.3 is 0 Å². The van der Waals surface area contributed by atoms with Crippen molar-refractivity contribution in [2.24, 2.45) is 0 Å². The Morgan fingerprint density at radius 3 is 2.85 bits per heavy atom. The van der Waals surface area contributed by atoms with Gasteiger partial charge in [-0.2, -0.15) is 23.5 Å². The lowest BCUT2D eigenvalue weighted by Gasteiger charge is -2.33. The summed E-state index contributed by atoms with van der Waals surface area (Å²) in [6.45, 7) is 2.22. The molecule has 1 aliphatic heterocycles. The third kappa shape index (κ3) is 3.46. The van der Waals surface area contributed by atoms with E-state index in [1.54, 1.807) is 0 Å². The summed E-state index contributed by atoms with van der Waals surface area (Å²) in [6.07, 6.45) is 3.47. The number of aliphatic hydroxyl groups is 1. The highest BCUT2D eigenvalue weighted by Gasteiger charge is 2.32. The van der Waals surface area contributed by atoms with Gasteiger partial charge in [-0.25, -0.2) is 0 Å². The Balaban J connectivity index is 1.72. The Labute approximate surface area is 129 Å². The summed E-state index contributed by atoms with van der Waals surface area (Å²) in [6, 6.07) is 8.04. The molecule has 0 amide bonds. The number of aliphatic hydroxyl groups excluding tert-OH is 1. The Hall–Kier alpha value is -0.320. The van der Waals surface area contributed by atoms with E-state index in [1.165, 1.54) is 18.6 Å². The van der Waals surface area contributed by atoms with Crippen LogP contribution in [-0.4, -0.2) is 33.2 Å². The summed E-state index contributed by atoms with van der Waals surface area (Å²) in [5.74, 6) is 3.25. The molecule has 20 heavy (non-hydrogen) atoms. The van der Waals surface area contributed by atoms with Gasteiger partial charge in [-0.05, 0) is 37.0 Å². The molecule has 1 aromatic carbocycles. The molecular weight excluding hydrogens is 288 g/mol. The summed E-state index contributed by atoms with van der Waals surface area (Å²) < 4.78 is 5.83. The number of rotatable bonds is 5. The standard InChI is InChI=1S/C16H22O2S2/c1-2-14-16(20-9-8-19-14)15(17)11-4-3-5-13(10-11)18-12-6-7-12/h3-5,10,12,14-17H,2,6-9H2,1H3.